The van der Waals surface area contributed by atoms with Gasteiger partial charge in [-0.25, -0.2) is 0 Å². The van der Waals surface area contributed by atoms with E-state index in [0.29, 0.717) is 6.04 Å². The Hall–Kier alpha value is -0.120. The van der Waals surface area contributed by atoms with E-state index < -0.39 is 0 Å². The van der Waals surface area contributed by atoms with Crippen LogP contribution in [0.4, 0.5) is 0 Å². The second-order valence-corrected chi connectivity index (χ2v) is 4.07. The summed E-state index contributed by atoms with van der Waals surface area (Å²) >= 11 is 0. The molecule has 1 fully saturated rings. The fraction of sp³-hybridized carbons (Fsp3) is 1.00. The van der Waals surface area contributed by atoms with E-state index in [0.717, 1.165) is 19.6 Å². The minimum absolute atomic E-state index is 0. The van der Waals surface area contributed by atoms with Crippen LogP contribution < -0.4 is 11.1 Å². The van der Waals surface area contributed by atoms with Crippen molar-refractivity contribution in [2.24, 2.45) is 5.73 Å². The van der Waals surface area contributed by atoms with Crippen LogP contribution in [0.25, 0.3) is 0 Å². The van der Waals surface area contributed by atoms with E-state index in [-0.39, 0.29) is 6.97 Å². The molecule has 1 aliphatic heterocycles. The van der Waals surface area contributed by atoms with Gasteiger partial charge in [-0.05, 0) is 7.05 Å². The minimum Gasteiger partial charge on any atom is -0.322 e. The zero-order chi connectivity index (χ0) is 10.5. The molecule has 0 saturated carbocycles. The molecule has 0 spiro atoms. The molecule has 1 heterocycles. The smallest absolute Gasteiger partial charge is 0.0538 e. The van der Waals surface area contributed by atoms with Crippen molar-refractivity contribution >= 4 is 0 Å². The Morgan fingerprint density at radius 1 is 1.46 bits per heavy atom. The Kier molecular flexibility index (Phi) is 5.53. The number of hydrogen-bond donors (Lipinski definition) is 2. The van der Waals surface area contributed by atoms with Gasteiger partial charge < -0.3 is 16.0 Å². The topological polar surface area (TPSA) is 41.3 Å². The van der Waals surface area contributed by atoms with Gasteiger partial charge in [0, 0.05) is 27.1 Å². The number of nitrogens with one attached hydrogen (secondary N) is 1. The van der Waals surface area contributed by atoms with Crippen molar-refractivity contribution < 1.29 is 1.43 Å². The van der Waals surface area contributed by atoms with Crippen molar-refractivity contribution in [2.75, 3.05) is 26.7 Å². The maximum Gasteiger partial charge on any atom is 0.0538 e. The summed E-state index contributed by atoms with van der Waals surface area (Å²) < 4.78 is 0. The molecule has 0 atom stereocenters. The van der Waals surface area contributed by atoms with Gasteiger partial charge in [0.15, 0.2) is 0 Å². The lowest BCUT2D eigenvalue weighted by atomic mass is 9.91. The van der Waals surface area contributed by atoms with Gasteiger partial charge in [-0.2, -0.15) is 0 Å². The molecule has 0 aliphatic carbocycles. The molecule has 0 radical (unpaired) electrons. The molecule has 0 aromatic heterocycles. The summed E-state index contributed by atoms with van der Waals surface area (Å²) in [5, 5.41) is 3.36. The second kappa shape index (κ2) is 5.58. The first kappa shape index (κ1) is 12.9. The van der Waals surface area contributed by atoms with Gasteiger partial charge in [-0.3, -0.25) is 0 Å². The number of nitrogens with two attached hydrogens (primary N) is 1. The molecule has 1 rings (SSSR count). The molecule has 1 saturated heterocycles. The largest absolute Gasteiger partial charge is 0.322 e. The van der Waals surface area contributed by atoms with Gasteiger partial charge >= 0.3 is 0 Å². The average Bonchev–Trinajstić information content (AvgIpc) is 2.02. The summed E-state index contributed by atoms with van der Waals surface area (Å²) in [5.41, 5.74) is 6.08. The van der Waals surface area contributed by atoms with Gasteiger partial charge in [0.25, 0.3) is 0 Å². The summed E-state index contributed by atoms with van der Waals surface area (Å²) in [5.74, 6) is 0. The third-order valence-corrected chi connectivity index (χ3v) is 2.03. The van der Waals surface area contributed by atoms with E-state index in [1.807, 2.05) is 13.8 Å². The summed E-state index contributed by atoms with van der Waals surface area (Å²) in [7, 11) is 2.10. The van der Waals surface area contributed by atoms with Gasteiger partial charge in [0.05, 0.1) is 5.54 Å². The van der Waals surface area contributed by atoms with E-state index in [4.69, 9.17) is 5.73 Å². The first-order chi connectivity index (χ1) is 6.02. The van der Waals surface area contributed by atoms with Crippen molar-refractivity contribution in [2.45, 2.75) is 39.3 Å². The standard InChI is InChI=1S/C8H19N3.C2H6.H2/c1-7(2)10-4-8(9)5-11(3)6-8;1-2;/h7,10H,4-6,9H2,1-3H3;1-2H3;1H. The fourth-order valence-corrected chi connectivity index (χ4v) is 1.55. The van der Waals surface area contributed by atoms with E-state index in [1.165, 1.54) is 0 Å². The van der Waals surface area contributed by atoms with Crippen LogP contribution in [-0.4, -0.2) is 43.2 Å². The van der Waals surface area contributed by atoms with Gasteiger partial charge in [0.1, 0.15) is 0 Å². The summed E-state index contributed by atoms with van der Waals surface area (Å²) in [6.07, 6.45) is 0. The van der Waals surface area contributed by atoms with Gasteiger partial charge in [-0.1, -0.05) is 27.7 Å². The number of rotatable bonds is 3. The fourth-order valence-electron chi connectivity index (χ4n) is 1.55. The van der Waals surface area contributed by atoms with E-state index in [1.54, 1.807) is 0 Å². The average molecular weight is 189 g/mol. The molecule has 0 aromatic rings. The minimum atomic E-state index is 0. The van der Waals surface area contributed by atoms with Crippen LogP contribution in [0.5, 0.6) is 0 Å². The van der Waals surface area contributed by atoms with Crippen LogP contribution in [0, 0.1) is 0 Å². The Balaban J connectivity index is 0. The number of likely N-dealkylation sites (N-methyl/N-ethyl adjacent to an activating group) is 1. The van der Waals surface area contributed by atoms with Crippen molar-refractivity contribution in [3.05, 3.63) is 0 Å². The van der Waals surface area contributed by atoms with Crippen LogP contribution in [0.1, 0.15) is 29.1 Å². The Morgan fingerprint density at radius 3 is 2.23 bits per heavy atom. The lowest BCUT2D eigenvalue weighted by Gasteiger charge is -2.46. The molecule has 0 bridgehead atoms. The third-order valence-electron chi connectivity index (χ3n) is 2.03. The predicted molar refractivity (Wildman–Crippen MR) is 61.0 cm³/mol. The van der Waals surface area contributed by atoms with Crippen molar-refractivity contribution in [1.82, 2.24) is 10.2 Å². The van der Waals surface area contributed by atoms with Crippen molar-refractivity contribution in [1.29, 1.82) is 0 Å². The maximum absolute atomic E-state index is 6.04. The monoisotopic (exact) mass is 189 g/mol. The highest BCUT2D eigenvalue weighted by atomic mass is 15.2. The first-order valence-corrected chi connectivity index (χ1v) is 5.23. The zero-order valence-electron chi connectivity index (χ0n) is 9.72. The quantitative estimate of drug-likeness (QED) is 0.693. The van der Waals surface area contributed by atoms with Crippen LogP contribution in [0.15, 0.2) is 0 Å². The van der Waals surface area contributed by atoms with Crippen LogP contribution >= 0.6 is 0 Å². The number of hydrogen-bond acceptors (Lipinski definition) is 3. The lowest BCUT2D eigenvalue weighted by Crippen LogP contribution is -2.70. The van der Waals surface area contributed by atoms with Gasteiger partial charge in [0.2, 0.25) is 0 Å². The van der Waals surface area contributed by atoms with Crippen molar-refractivity contribution in [3.8, 4) is 0 Å². The molecule has 3 N–H and O–H groups in total. The Bertz CT molecular complexity index is 133. The number of nitrogens with zero attached hydrogens (tertiary/aromatic N) is 1. The van der Waals surface area contributed by atoms with Crippen LogP contribution in [0.2, 0.25) is 0 Å². The highest BCUT2D eigenvalue weighted by molar-refractivity contribution is 5.00. The maximum atomic E-state index is 6.04. The zero-order valence-corrected chi connectivity index (χ0v) is 9.72. The van der Waals surface area contributed by atoms with Crippen LogP contribution in [0.3, 0.4) is 0 Å². The molecule has 3 nitrogen and oxygen atoms in total. The molecular formula is C10H27N3. The summed E-state index contributed by atoms with van der Waals surface area (Å²) in [6, 6.07) is 0.543. The summed E-state index contributed by atoms with van der Waals surface area (Å²) in [6.45, 7) is 11.3. The predicted octanol–water partition coefficient (Wildman–Crippen LogP) is 0.900. The number of likely N-dealkylation sites (tertiary alicyclic amines) is 1. The Labute approximate surface area is 84.2 Å². The molecule has 82 valence electrons. The van der Waals surface area contributed by atoms with Gasteiger partial charge in [-0.15, -0.1) is 0 Å². The van der Waals surface area contributed by atoms with Crippen molar-refractivity contribution in [3.63, 3.8) is 0 Å². The third kappa shape index (κ3) is 4.60. The highest BCUT2D eigenvalue weighted by Crippen LogP contribution is 2.14. The van der Waals surface area contributed by atoms with Crippen LogP contribution in [-0.2, 0) is 0 Å². The molecule has 0 amide bonds. The molecule has 0 unspecified atom stereocenters. The van der Waals surface area contributed by atoms with E-state index in [9.17, 15) is 0 Å². The normalized spacial score (nSPS) is 20.5. The lowest BCUT2D eigenvalue weighted by molar-refractivity contribution is 0.0969. The molecule has 0 aromatic carbocycles. The molecule has 13 heavy (non-hydrogen) atoms. The first-order valence-electron chi connectivity index (χ1n) is 5.23. The highest BCUT2D eigenvalue weighted by Gasteiger charge is 2.36. The molecule has 1 aliphatic rings. The SMILES string of the molecule is CC.CC(C)NCC1(N)CN(C)C1.[HH]. The molecule has 3 heteroatoms. The summed E-state index contributed by atoms with van der Waals surface area (Å²) in [4.78, 5) is 2.24. The van der Waals surface area contributed by atoms with E-state index in [2.05, 4.69) is 31.1 Å². The Morgan fingerprint density at radius 2 is 1.92 bits per heavy atom. The molecular weight excluding hydrogens is 162 g/mol. The van der Waals surface area contributed by atoms with E-state index >= 15 is 0 Å². The second-order valence-electron chi connectivity index (χ2n) is 4.07.